The normalized spacial score (nSPS) is 35.4. The summed E-state index contributed by atoms with van der Waals surface area (Å²) in [4.78, 5) is 22.5. The first-order chi connectivity index (χ1) is 6.59. The van der Waals surface area contributed by atoms with Gasteiger partial charge in [0, 0.05) is 6.61 Å². The van der Waals surface area contributed by atoms with E-state index in [4.69, 9.17) is 9.84 Å². The van der Waals surface area contributed by atoms with Crippen LogP contribution in [0, 0.1) is 0 Å². The highest BCUT2D eigenvalue weighted by Crippen LogP contribution is 2.47. The standard InChI is InChI=1S/C8H11NO4S/c1-2-13-8(7(11)12)4-9-5(10)3-6(9)14-8/h6H,2-4H2,1H3,(H,11,12)/t6-,8?/m1/s1. The molecule has 78 valence electrons. The lowest BCUT2D eigenvalue weighted by Crippen LogP contribution is -2.49. The molecular formula is C8H11NO4S. The van der Waals surface area contributed by atoms with E-state index in [-0.39, 0.29) is 17.8 Å². The number of aliphatic carboxylic acids is 1. The predicted octanol–water partition coefficient (Wildman–Crippen LogP) is 0.109. The average Bonchev–Trinajstić information content (AvgIpc) is 2.41. The summed E-state index contributed by atoms with van der Waals surface area (Å²) in [6.45, 7) is 2.26. The minimum absolute atomic E-state index is 0.00477. The van der Waals surface area contributed by atoms with Crippen LogP contribution in [0.2, 0.25) is 0 Å². The summed E-state index contributed by atoms with van der Waals surface area (Å²) in [7, 11) is 0. The Bertz CT molecular complexity index is 295. The summed E-state index contributed by atoms with van der Waals surface area (Å²) in [6.07, 6.45) is 0.437. The molecule has 2 heterocycles. The van der Waals surface area contributed by atoms with E-state index in [0.717, 1.165) is 0 Å². The summed E-state index contributed by atoms with van der Waals surface area (Å²) in [5.74, 6) is -0.975. The largest absolute Gasteiger partial charge is 0.478 e. The number of carbonyl (C=O) groups excluding carboxylic acids is 1. The predicted molar refractivity (Wildman–Crippen MR) is 49.7 cm³/mol. The quantitative estimate of drug-likeness (QED) is 0.679. The summed E-state index contributed by atoms with van der Waals surface area (Å²) in [5.41, 5.74) is 0. The molecule has 2 aliphatic heterocycles. The molecule has 0 aromatic rings. The number of thioether (sulfide) groups is 1. The molecule has 0 saturated carbocycles. The van der Waals surface area contributed by atoms with Crippen molar-refractivity contribution in [2.24, 2.45) is 0 Å². The maximum absolute atomic E-state index is 11.1. The maximum Gasteiger partial charge on any atom is 0.348 e. The smallest absolute Gasteiger partial charge is 0.348 e. The Morgan fingerprint density at radius 1 is 1.86 bits per heavy atom. The van der Waals surface area contributed by atoms with Crippen molar-refractivity contribution < 1.29 is 19.4 Å². The van der Waals surface area contributed by atoms with Crippen LogP contribution in [0.25, 0.3) is 0 Å². The number of rotatable bonds is 3. The molecule has 5 nitrogen and oxygen atoms in total. The fraction of sp³-hybridized carbons (Fsp3) is 0.750. The molecule has 1 amide bonds. The molecule has 0 aromatic heterocycles. The Hall–Kier alpha value is -0.750. The third-order valence-electron chi connectivity index (χ3n) is 2.43. The average molecular weight is 217 g/mol. The van der Waals surface area contributed by atoms with Crippen molar-refractivity contribution >= 4 is 23.6 Å². The minimum atomic E-state index is -1.23. The SMILES string of the molecule is CCOC1(C(=O)O)CN2C(=O)C[C@H]2S1. The molecule has 0 bridgehead atoms. The number of fused-ring (bicyclic) bond motifs is 1. The summed E-state index contributed by atoms with van der Waals surface area (Å²) >= 11 is 1.23. The third-order valence-corrected chi connectivity index (χ3v) is 3.92. The van der Waals surface area contributed by atoms with Gasteiger partial charge in [0.05, 0.1) is 18.3 Å². The second-order valence-electron chi connectivity index (χ2n) is 3.29. The van der Waals surface area contributed by atoms with Gasteiger partial charge in [0.15, 0.2) is 0 Å². The minimum Gasteiger partial charge on any atom is -0.478 e. The molecule has 2 rings (SSSR count). The summed E-state index contributed by atoms with van der Waals surface area (Å²) in [5, 5.41) is 9.07. The molecule has 2 aliphatic rings. The van der Waals surface area contributed by atoms with Crippen LogP contribution in [0.15, 0.2) is 0 Å². The lowest BCUT2D eigenvalue weighted by Gasteiger charge is -2.32. The lowest BCUT2D eigenvalue weighted by atomic mass is 10.2. The first-order valence-electron chi connectivity index (χ1n) is 4.43. The number of carboxylic acids is 1. The fourth-order valence-electron chi connectivity index (χ4n) is 1.69. The van der Waals surface area contributed by atoms with Gasteiger partial charge in [-0.2, -0.15) is 0 Å². The van der Waals surface area contributed by atoms with Gasteiger partial charge in [-0.25, -0.2) is 4.79 Å². The molecule has 1 N–H and O–H groups in total. The van der Waals surface area contributed by atoms with E-state index in [1.165, 1.54) is 11.8 Å². The highest BCUT2D eigenvalue weighted by molar-refractivity contribution is 8.02. The first kappa shape index (κ1) is 9.79. The molecule has 6 heteroatoms. The zero-order valence-electron chi connectivity index (χ0n) is 7.73. The summed E-state index contributed by atoms with van der Waals surface area (Å²) in [6, 6.07) is 0. The van der Waals surface area contributed by atoms with E-state index in [9.17, 15) is 9.59 Å². The van der Waals surface area contributed by atoms with E-state index >= 15 is 0 Å². The maximum atomic E-state index is 11.1. The van der Waals surface area contributed by atoms with E-state index < -0.39 is 10.9 Å². The van der Waals surface area contributed by atoms with Crippen LogP contribution >= 0.6 is 11.8 Å². The van der Waals surface area contributed by atoms with Gasteiger partial charge in [-0.05, 0) is 6.92 Å². The number of hydrogen-bond donors (Lipinski definition) is 1. The van der Waals surface area contributed by atoms with Gasteiger partial charge in [0.25, 0.3) is 0 Å². The Balaban J connectivity index is 2.15. The van der Waals surface area contributed by atoms with Crippen LogP contribution in [0.3, 0.4) is 0 Å². The third kappa shape index (κ3) is 1.21. The number of nitrogens with zero attached hydrogens (tertiary/aromatic N) is 1. The molecule has 0 aliphatic carbocycles. The molecule has 2 atom stereocenters. The van der Waals surface area contributed by atoms with Crippen LogP contribution in [-0.4, -0.2) is 45.3 Å². The second-order valence-corrected chi connectivity index (χ2v) is 4.73. The van der Waals surface area contributed by atoms with Crippen LogP contribution in [0.4, 0.5) is 0 Å². The molecule has 1 unspecified atom stereocenters. The van der Waals surface area contributed by atoms with Gasteiger partial charge in [-0.15, -0.1) is 0 Å². The van der Waals surface area contributed by atoms with E-state index in [2.05, 4.69) is 0 Å². The fourth-order valence-corrected chi connectivity index (χ4v) is 3.18. The molecule has 2 saturated heterocycles. The van der Waals surface area contributed by atoms with Crippen molar-refractivity contribution in [2.45, 2.75) is 23.7 Å². The molecular weight excluding hydrogens is 206 g/mol. The van der Waals surface area contributed by atoms with Crippen molar-refractivity contribution in [3.8, 4) is 0 Å². The molecule has 0 aromatic carbocycles. The van der Waals surface area contributed by atoms with Crippen molar-refractivity contribution in [3.05, 3.63) is 0 Å². The lowest BCUT2D eigenvalue weighted by molar-refractivity contribution is -0.157. The van der Waals surface area contributed by atoms with E-state index in [1.54, 1.807) is 11.8 Å². The highest BCUT2D eigenvalue weighted by Gasteiger charge is 2.57. The second kappa shape index (κ2) is 3.13. The zero-order valence-corrected chi connectivity index (χ0v) is 8.54. The van der Waals surface area contributed by atoms with E-state index in [0.29, 0.717) is 13.0 Å². The van der Waals surface area contributed by atoms with Crippen molar-refractivity contribution in [1.82, 2.24) is 4.90 Å². The number of carbonyl (C=O) groups is 2. The van der Waals surface area contributed by atoms with Crippen molar-refractivity contribution in [2.75, 3.05) is 13.2 Å². The van der Waals surface area contributed by atoms with Gasteiger partial charge >= 0.3 is 5.97 Å². The number of hydrogen-bond acceptors (Lipinski definition) is 4. The molecule has 0 radical (unpaired) electrons. The van der Waals surface area contributed by atoms with Gasteiger partial charge in [0.2, 0.25) is 10.8 Å². The Morgan fingerprint density at radius 2 is 2.57 bits per heavy atom. The number of carboxylic acid groups (broad SMARTS) is 1. The Morgan fingerprint density at radius 3 is 3.00 bits per heavy atom. The van der Waals surface area contributed by atoms with Crippen molar-refractivity contribution in [1.29, 1.82) is 0 Å². The molecule has 2 fully saturated rings. The number of amides is 1. The molecule has 14 heavy (non-hydrogen) atoms. The van der Waals surface area contributed by atoms with Crippen LogP contribution < -0.4 is 0 Å². The monoisotopic (exact) mass is 217 g/mol. The van der Waals surface area contributed by atoms with Gasteiger partial charge in [0.1, 0.15) is 0 Å². The highest BCUT2D eigenvalue weighted by atomic mass is 32.2. The van der Waals surface area contributed by atoms with E-state index in [1.807, 2.05) is 0 Å². The summed E-state index contributed by atoms with van der Waals surface area (Å²) < 4.78 is 5.25. The van der Waals surface area contributed by atoms with Gasteiger partial charge in [-0.1, -0.05) is 11.8 Å². The van der Waals surface area contributed by atoms with Crippen molar-refractivity contribution in [3.63, 3.8) is 0 Å². The first-order valence-corrected chi connectivity index (χ1v) is 5.31. The Labute approximate surface area is 85.4 Å². The van der Waals surface area contributed by atoms with Gasteiger partial charge < -0.3 is 14.7 Å². The van der Waals surface area contributed by atoms with Crippen LogP contribution in [0.1, 0.15) is 13.3 Å². The zero-order chi connectivity index (χ0) is 10.3. The Kier molecular flexibility index (Phi) is 2.19. The van der Waals surface area contributed by atoms with Crippen LogP contribution in [-0.2, 0) is 14.3 Å². The van der Waals surface area contributed by atoms with Gasteiger partial charge in [-0.3, -0.25) is 4.79 Å². The molecule has 0 spiro atoms. The topological polar surface area (TPSA) is 66.8 Å². The van der Waals surface area contributed by atoms with Crippen LogP contribution in [0.5, 0.6) is 0 Å². The number of β-lactam (4-membered cyclic amide) rings is 1. The number of ether oxygens (including phenoxy) is 1.